The van der Waals surface area contributed by atoms with Crippen LogP contribution in [0.1, 0.15) is 41.1 Å². The summed E-state index contributed by atoms with van der Waals surface area (Å²) < 4.78 is 6.09. The molecule has 4 rings (SSSR count). The molecule has 0 aliphatic carbocycles. The number of amides is 1. The molecule has 3 aromatic rings. The number of anilines is 1. The monoisotopic (exact) mass is 414 g/mol. The summed E-state index contributed by atoms with van der Waals surface area (Å²) in [7, 11) is 0. The van der Waals surface area contributed by atoms with Crippen LogP contribution >= 0.6 is 23.1 Å². The number of carbonyl (C=O) groups excluding carboxylic acids is 1. The Bertz CT molecular complexity index is 1020. The number of nitrogens with one attached hydrogen (secondary N) is 2. The molecule has 3 heterocycles. The van der Waals surface area contributed by atoms with E-state index in [9.17, 15) is 4.79 Å². The maximum Gasteiger partial charge on any atom is 0.269 e. The Morgan fingerprint density at radius 3 is 2.82 bits per heavy atom. The minimum Gasteiger partial charge on any atom is -0.369 e. The predicted octanol–water partition coefficient (Wildman–Crippen LogP) is 4.41. The number of ether oxygens (including phenoxy) is 1. The van der Waals surface area contributed by atoms with Crippen molar-refractivity contribution in [2.24, 2.45) is 0 Å². The van der Waals surface area contributed by atoms with Crippen LogP contribution in [0.2, 0.25) is 0 Å². The van der Waals surface area contributed by atoms with Crippen molar-refractivity contribution in [1.82, 2.24) is 15.4 Å². The Morgan fingerprint density at radius 2 is 2.11 bits per heavy atom. The zero-order chi connectivity index (χ0) is 19.7. The first-order chi connectivity index (χ1) is 13.5. The molecule has 1 amide bonds. The van der Waals surface area contributed by atoms with Gasteiger partial charge in [-0.3, -0.25) is 15.6 Å². The third kappa shape index (κ3) is 3.59. The molecule has 0 saturated heterocycles. The van der Waals surface area contributed by atoms with E-state index in [1.165, 1.54) is 22.2 Å². The number of hydrogen-bond acceptors (Lipinski definition) is 7. The van der Waals surface area contributed by atoms with Crippen LogP contribution < -0.4 is 10.9 Å². The average molecular weight is 415 g/mol. The van der Waals surface area contributed by atoms with E-state index >= 15 is 0 Å². The van der Waals surface area contributed by atoms with Crippen molar-refractivity contribution in [2.45, 2.75) is 44.1 Å². The first kappa shape index (κ1) is 19.2. The molecular formula is C20H22N4O2S2. The molecule has 6 nitrogen and oxygen atoms in total. The van der Waals surface area contributed by atoms with Crippen LogP contribution in [0.3, 0.4) is 0 Å². The number of carbonyl (C=O) groups is 1. The smallest absolute Gasteiger partial charge is 0.269 e. The fourth-order valence-electron chi connectivity index (χ4n) is 3.24. The maximum absolute atomic E-state index is 12.4. The summed E-state index contributed by atoms with van der Waals surface area (Å²) in [4.78, 5) is 23.9. The molecule has 0 saturated carbocycles. The van der Waals surface area contributed by atoms with Crippen LogP contribution in [0.25, 0.3) is 10.2 Å². The first-order valence-electron chi connectivity index (χ1n) is 9.14. The Morgan fingerprint density at radius 1 is 1.32 bits per heavy atom. The van der Waals surface area contributed by atoms with E-state index in [1.54, 1.807) is 23.5 Å². The number of nitrogens with zero attached hydrogens (tertiary/aromatic N) is 2. The number of thioether (sulfide) groups is 1. The summed E-state index contributed by atoms with van der Waals surface area (Å²) in [5.74, 6) is 0.431. The van der Waals surface area contributed by atoms with Gasteiger partial charge in [0.05, 0.1) is 17.6 Å². The van der Waals surface area contributed by atoms with E-state index in [4.69, 9.17) is 4.74 Å². The fourth-order valence-corrected chi connectivity index (χ4v) is 4.76. The second kappa shape index (κ2) is 7.69. The van der Waals surface area contributed by atoms with Gasteiger partial charge in [-0.2, -0.15) is 0 Å². The molecule has 28 heavy (non-hydrogen) atoms. The largest absolute Gasteiger partial charge is 0.369 e. The molecule has 1 aliphatic rings. The van der Waals surface area contributed by atoms with Gasteiger partial charge in [-0.25, -0.2) is 9.97 Å². The number of hydrogen-bond donors (Lipinski definition) is 2. The van der Waals surface area contributed by atoms with Crippen molar-refractivity contribution in [1.29, 1.82) is 0 Å². The van der Waals surface area contributed by atoms with E-state index in [0.29, 0.717) is 23.1 Å². The highest BCUT2D eigenvalue weighted by molar-refractivity contribution is 7.98. The Balaban J connectivity index is 1.70. The van der Waals surface area contributed by atoms with Crippen molar-refractivity contribution < 1.29 is 9.53 Å². The third-order valence-corrected chi connectivity index (χ3v) is 6.72. The van der Waals surface area contributed by atoms with E-state index in [-0.39, 0.29) is 11.5 Å². The Labute approximate surface area is 172 Å². The Hall–Kier alpha value is -2.16. The van der Waals surface area contributed by atoms with Gasteiger partial charge in [0.2, 0.25) is 0 Å². The van der Waals surface area contributed by atoms with Crippen LogP contribution in [-0.4, -0.2) is 27.7 Å². The number of benzene rings is 1. The molecule has 0 bridgehead atoms. The zero-order valence-electron chi connectivity index (χ0n) is 16.0. The molecule has 1 atom stereocenters. The van der Waals surface area contributed by atoms with Crippen molar-refractivity contribution >= 4 is 45.0 Å². The standard InChI is InChI=1S/C20H22N4O2S2/c1-4-20(2)10-13-14(11-26-20)28-18-15(13)16(21-19(22-18)27-3)23-24-17(25)12-8-6-5-7-9-12/h5-9H,4,10-11H2,1-3H3,(H,24,25)(H,21,22,23)/t20-/m1/s1. The minimum atomic E-state index is -0.205. The van der Waals surface area contributed by atoms with Crippen molar-refractivity contribution in [3.05, 3.63) is 46.3 Å². The van der Waals surface area contributed by atoms with Crippen molar-refractivity contribution in [3.63, 3.8) is 0 Å². The highest BCUT2D eigenvalue weighted by Gasteiger charge is 2.33. The normalized spacial score (nSPS) is 18.7. The summed E-state index contributed by atoms with van der Waals surface area (Å²) in [5, 5.41) is 1.65. The second-order valence-electron chi connectivity index (χ2n) is 6.96. The average Bonchev–Trinajstić information content (AvgIpc) is 3.09. The zero-order valence-corrected chi connectivity index (χ0v) is 17.7. The minimum absolute atomic E-state index is 0.191. The SMILES string of the molecule is CC[C@]1(C)Cc2c(sc3nc(SC)nc(NNC(=O)c4ccccc4)c23)CO1. The van der Waals surface area contributed by atoms with Gasteiger partial charge in [-0.05, 0) is 37.3 Å². The summed E-state index contributed by atoms with van der Waals surface area (Å²) in [6, 6.07) is 9.11. The molecule has 0 spiro atoms. The van der Waals surface area contributed by atoms with Gasteiger partial charge in [0.1, 0.15) is 4.83 Å². The van der Waals surface area contributed by atoms with Gasteiger partial charge >= 0.3 is 0 Å². The van der Waals surface area contributed by atoms with Crippen molar-refractivity contribution in [3.8, 4) is 0 Å². The third-order valence-electron chi connectivity index (χ3n) is 5.08. The number of hydrazine groups is 1. The first-order valence-corrected chi connectivity index (χ1v) is 11.2. The molecule has 146 valence electrons. The molecule has 0 unspecified atom stereocenters. The van der Waals surface area contributed by atoms with Crippen LogP contribution in [0.15, 0.2) is 35.5 Å². The van der Waals surface area contributed by atoms with E-state index in [1.807, 2.05) is 24.5 Å². The van der Waals surface area contributed by atoms with Gasteiger partial charge < -0.3 is 4.74 Å². The molecular weight excluding hydrogens is 392 g/mol. The molecule has 0 radical (unpaired) electrons. The van der Waals surface area contributed by atoms with Gasteiger partial charge in [0.15, 0.2) is 11.0 Å². The molecule has 2 N–H and O–H groups in total. The van der Waals surface area contributed by atoms with Crippen LogP contribution in [0.5, 0.6) is 0 Å². The van der Waals surface area contributed by atoms with Gasteiger partial charge in [-0.1, -0.05) is 36.9 Å². The van der Waals surface area contributed by atoms with E-state index in [2.05, 4.69) is 34.7 Å². The number of thiophene rings is 1. The van der Waals surface area contributed by atoms with Crippen LogP contribution in [-0.2, 0) is 17.8 Å². The lowest BCUT2D eigenvalue weighted by molar-refractivity contribution is -0.0543. The molecule has 1 aromatic carbocycles. The highest BCUT2D eigenvalue weighted by Crippen LogP contribution is 2.42. The molecule has 8 heteroatoms. The number of rotatable bonds is 5. The summed E-state index contributed by atoms with van der Waals surface area (Å²) >= 11 is 3.12. The lowest BCUT2D eigenvalue weighted by Crippen LogP contribution is -2.34. The van der Waals surface area contributed by atoms with E-state index in [0.717, 1.165) is 23.1 Å². The van der Waals surface area contributed by atoms with E-state index < -0.39 is 0 Å². The molecule has 0 fully saturated rings. The maximum atomic E-state index is 12.4. The number of fused-ring (bicyclic) bond motifs is 3. The highest BCUT2D eigenvalue weighted by atomic mass is 32.2. The lowest BCUT2D eigenvalue weighted by atomic mass is 9.90. The van der Waals surface area contributed by atoms with Crippen LogP contribution in [0.4, 0.5) is 5.82 Å². The van der Waals surface area contributed by atoms with Gasteiger partial charge in [-0.15, -0.1) is 11.3 Å². The van der Waals surface area contributed by atoms with Crippen LogP contribution in [0, 0.1) is 0 Å². The summed E-state index contributed by atoms with van der Waals surface area (Å²) in [6.45, 7) is 4.87. The summed E-state index contributed by atoms with van der Waals surface area (Å²) in [5.41, 5.74) is 7.44. The molecule has 1 aliphatic heterocycles. The Kier molecular flexibility index (Phi) is 5.27. The quantitative estimate of drug-likeness (QED) is 0.366. The summed E-state index contributed by atoms with van der Waals surface area (Å²) in [6.07, 6.45) is 3.68. The van der Waals surface area contributed by atoms with Gasteiger partial charge in [0.25, 0.3) is 5.91 Å². The second-order valence-corrected chi connectivity index (χ2v) is 8.81. The molecule has 2 aromatic heterocycles. The van der Waals surface area contributed by atoms with Crippen molar-refractivity contribution in [2.75, 3.05) is 11.7 Å². The number of aromatic nitrogens is 2. The topological polar surface area (TPSA) is 76.1 Å². The van der Waals surface area contributed by atoms with Gasteiger partial charge in [0, 0.05) is 16.9 Å². The fraction of sp³-hybridized carbons (Fsp3) is 0.350. The lowest BCUT2D eigenvalue weighted by Gasteiger charge is -2.33. The predicted molar refractivity (Wildman–Crippen MR) is 114 cm³/mol.